The smallest absolute Gasteiger partial charge is 0.124 e. The molecule has 0 aliphatic rings. The van der Waals surface area contributed by atoms with Crippen molar-refractivity contribution in [3.05, 3.63) is 34.6 Å². The van der Waals surface area contributed by atoms with Gasteiger partial charge in [-0.25, -0.2) is 4.39 Å². The number of hydrogen-bond donors (Lipinski definition) is 1. The van der Waals surface area contributed by atoms with E-state index in [1.165, 1.54) is 12.1 Å². The van der Waals surface area contributed by atoms with E-state index in [-0.39, 0.29) is 17.9 Å². The molecule has 1 aromatic carbocycles. The van der Waals surface area contributed by atoms with Gasteiger partial charge < -0.3 is 10.1 Å². The zero-order valence-corrected chi connectivity index (χ0v) is 11.2. The van der Waals surface area contributed by atoms with Crippen molar-refractivity contribution in [3.63, 3.8) is 0 Å². The van der Waals surface area contributed by atoms with E-state index in [1.807, 2.05) is 6.92 Å². The molecule has 0 aromatic heterocycles. The Hall–Kier alpha value is -0.640. The second kappa shape index (κ2) is 6.94. The Morgan fingerprint density at radius 2 is 2.18 bits per heavy atom. The largest absolute Gasteiger partial charge is 0.383 e. The van der Waals surface area contributed by atoms with Crippen LogP contribution in [0.15, 0.2) is 18.2 Å². The van der Waals surface area contributed by atoms with Crippen LogP contribution in [0.2, 0.25) is 5.02 Å². The fourth-order valence-electron chi connectivity index (χ4n) is 1.78. The molecule has 0 heterocycles. The van der Waals surface area contributed by atoms with Gasteiger partial charge >= 0.3 is 0 Å². The van der Waals surface area contributed by atoms with Gasteiger partial charge in [-0.05, 0) is 31.0 Å². The molecular weight excluding hydrogens is 241 g/mol. The van der Waals surface area contributed by atoms with Gasteiger partial charge in [-0.1, -0.05) is 24.6 Å². The van der Waals surface area contributed by atoms with E-state index in [9.17, 15) is 4.39 Å². The Morgan fingerprint density at radius 3 is 2.71 bits per heavy atom. The highest BCUT2D eigenvalue weighted by atomic mass is 35.5. The number of rotatable bonds is 6. The molecule has 1 N–H and O–H groups in total. The highest BCUT2D eigenvalue weighted by Gasteiger charge is 2.14. The van der Waals surface area contributed by atoms with Crippen LogP contribution < -0.4 is 5.32 Å². The number of methoxy groups -OCH3 is 1. The second-order valence-corrected chi connectivity index (χ2v) is 4.52. The molecule has 2 nitrogen and oxygen atoms in total. The summed E-state index contributed by atoms with van der Waals surface area (Å²) in [4.78, 5) is 0. The van der Waals surface area contributed by atoms with E-state index in [0.717, 1.165) is 12.0 Å². The van der Waals surface area contributed by atoms with Crippen LogP contribution in [0, 0.1) is 5.82 Å². The standard InChI is InChI=1S/C13H19ClFNO/c1-4-11(8-17-3)16-9(2)12-6-5-10(15)7-13(12)14/h5-7,9,11,16H,4,8H2,1-3H3. The monoisotopic (exact) mass is 259 g/mol. The summed E-state index contributed by atoms with van der Waals surface area (Å²) >= 11 is 6.02. The first-order valence-electron chi connectivity index (χ1n) is 5.78. The lowest BCUT2D eigenvalue weighted by Gasteiger charge is -2.22. The zero-order chi connectivity index (χ0) is 12.8. The third-order valence-corrected chi connectivity index (χ3v) is 3.10. The molecule has 0 fully saturated rings. The van der Waals surface area contributed by atoms with Crippen molar-refractivity contribution in [2.75, 3.05) is 13.7 Å². The number of ether oxygens (including phenoxy) is 1. The average Bonchev–Trinajstić information content (AvgIpc) is 2.28. The van der Waals surface area contributed by atoms with Crippen LogP contribution in [-0.4, -0.2) is 19.8 Å². The molecule has 2 unspecified atom stereocenters. The third kappa shape index (κ3) is 4.26. The molecular formula is C13H19ClFNO. The van der Waals surface area contributed by atoms with Crippen molar-refractivity contribution in [1.82, 2.24) is 5.32 Å². The molecule has 96 valence electrons. The van der Waals surface area contributed by atoms with Crippen molar-refractivity contribution in [3.8, 4) is 0 Å². The maximum atomic E-state index is 12.9. The third-order valence-electron chi connectivity index (χ3n) is 2.78. The molecule has 1 aromatic rings. The maximum absolute atomic E-state index is 12.9. The summed E-state index contributed by atoms with van der Waals surface area (Å²) in [5, 5.41) is 3.87. The van der Waals surface area contributed by atoms with E-state index in [0.29, 0.717) is 11.6 Å². The van der Waals surface area contributed by atoms with Crippen LogP contribution in [0.5, 0.6) is 0 Å². The molecule has 0 spiro atoms. The van der Waals surface area contributed by atoms with E-state index in [1.54, 1.807) is 13.2 Å². The van der Waals surface area contributed by atoms with Crippen LogP contribution in [0.4, 0.5) is 4.39 Å². The van der Waals surface area contributed by atoms with Gasteiger partial charge in [-0.2, -0.15) is 0 Å². The Balaban J connectivity index is 2.71. The highest BCUT2D eigenvalue weighted by Crippen LogP contribution is 2.24. The number of hydrogen-bond acceptors (Lipinski definition) is 2. The maximum Gasteiger partial charge on any atom is 0.124 e. The summed E-state index contributed by atoms with van der Waals surface area (Å²) in [6.07, 6.45) is 0.969. The summed E-state index contributed by atoms with van der Waals surface area (Å²) < 4.78 is 18.1. The lowest BCUT2D eigenvalue weighted by Crippen LogP contribution is -2.34. The summed E-state index contributed by atoms with van der Waals surface area (Å²) in [7, 11) is 1.68. The molecule has 0 radical (unpaired) electrons. The van der Waals surface area contributed by atoms with Crippen LogP contribution in [-0.2, 0) is 4.74 Å². The Labute approximate surface area is 107 Å². The van der Waals surface area contributed by atoms with Gasteiger partial charge in [0.15, 0.2) is 0 Å². The molecule has 0 saturated heterocycles. The Kier molecular flexibility index (Phi) is 5.89. The lowest BCUT2D eigenvalue weighted by atomic mass is 10.1. The SMILES string of the molecule is CCC(COC)NC(C)c1ccc(F)cc1Cl. The van der Waals surface area contributed by atoms with Crippen LogP contribution in [0.1, 0.15) is 31.9 Å². The highest BCUT2D eigenvalue weighted by molar-refractivity contribution is 6.31. The van der Waals surface area contributed by atoms with Crippen LogP contribution in [0.3, 0.4) is 0 Å². The van der Waals surface area contributed by atoms with E-state index in [4.69, 9.17) is 16.3 Å². The molecule has 0 aliphatic carbocycles. The molecule has 0 bridgehead atoms. The fraction of sp³-hybridized carbons (Fsp3) is 0.538. The van der Waals surface area contributed by atoms with Crippen LogP contribution in [0.25, 0.3) is 0 Å². The van der Waals surface area contributed by atoms with Gasteiger partial charge in [-0.15, -0.1) is 0 Å². The first-order chi connectivity index (χ1) is 8.08. The summed E-state index contributed by atoms with van der Waals surface area (Å²) in [5.74, 6) is -0.310. The lowest BCUT2D eigenvalue weighted by molar-refractivity contribution is 0.159. The number of halogens is 2. The molecule has 0 saturated carbocycles. The summed E-state index contributed by atoms with van der Waals surface area (Å²) in [6.45, 7) is 4.76. The summed E-state index contributed by atoms with van der Waals surface area (Å²) in [5.41, 5.74) is 0.905. The van der Waals surface area contributed by atoms with Crippen LogP contribution >= 0.6 is 11.6 Å². The zero-order valence-electron chi connectivity index (χ0n) is 10.5. The number of benzene rings is 1. The van der Waals surface area contributed by atoms with Crippen molar-refractivity contribution >= 4 is 11.6 Å². The van der Waals surface area contributed by atoms with Gasteiger partial charge in [0, 0.05) is 24.2 Å². The second-order valence-electron chi connectivity index (χ2n) is 4.11. The van der Waals surface area contributed by atoms with E-state index < -0.39 is 0 Å². The predicted molar refractivity (Wildman–Crippen MR) is 68.9 cm³/mol. The minimum Gasteiger partial charge on any atom is -0.383 e. The molecule has 17 heavy (non-hydrogen) atoms. The molecule has 0 amide bonds. The van der Waals surface area contributed by atoms with Crippen molar-refractivity contribution < 1.29 is 9.13 Å². The quantitative estimate of drug-likeness (QED) is 0.844. The normalized spacial score (nSPS) is 14.6. The van der Waals surface area contributed by atoms with E-state index in [2.05, 4.69) is 12.2 Å². The topological polar surface area (TPSA) is 21.3 Å². The molecule has 1 rings (SSSR count). The number of nitrogens with one attached hydrogen (secondary N) is 1. The first kappa shape index (κ1) is 14.4. The average molecular weight is 260 g/mol. The van der Waals surface area contributed by atoms with Gasteiger partial charge in [0.05, 0.1) is 6.61 Å². The molecule has 2 atom stereocenters. The molecule has 4 heteroatoms. The minimum atomic E-state index is -0.310. The Morgan fingerprint density at radius 1 is 1.47 bits per heavy atom. The minimum absolute atomic E-state index is 0.0724. The van der Waals surface area contributed by atoms with Crippen molar-refractivity contribution in [2.45, 2.75) is 32.4 Å². The Bertz CT molecular complexity index is 359. The van der Waals surface area contributed by atoms with Crippen molar-refractivity contribution in [1.29, 1.82) is 0 Å². The van der Waals surface area contributed by atoms with Gasteiger partial charge in [0.2, 0.25) is 0 Å². The van der Waals surface area contributed by atoms with Crippen molar-refractivity contribution in [2.24, 2.45) is 0 Å². The van der Waals surface area contributed by atoms with Gasteiger partial charge in [0.25, 0.3) is 0 Å². The fourth-order valence-corrected chi connectivity index (χ4v) is 2.11. The molecule has 0 aliphatic heterocycles. The van der Waals surface area contributed by atoms with Gasteiger partial charge in [0.1, 0.15) is 5.82 Å². The summed E-state index contributed by atoms with van der Waals surface area (Å²) in [6, 6.07) is 4.83. The van der Waals surface area contributed by atoms with E-state index >= 15 is 0 Å². The first-order valence-corrected chi connectivity index (χ1v) is 6.16. The predicted octanol–water partition coefficient (Wildman–Crippen LogP) is 3.55. The van der Waals surface area contributed by atoms with Gasteiger partial charge in [-0.3, -0.25) is 0 Å².